The Balaban J connectivity index is 1.96. The number of hydrogen-bond donors (Lipinski definition) is 0. The van der Waals surface area contributed by atoms with Crippen molar-refractivity contribution in [3.63, 3.8) is 0 Å². The van der Waals surface area contributed by atoms with E-state index in [4.69, 9.17) is 21.1 Å². The van der Waals surface area contributed by atoms with Gasteiger partial charge in [0.1, 0.15) is 12.4 Å². The molecular weight excluding hydrogens is 300 g/mol. The lowest BCUT2D eigenvalue weighted by molar-refractivity contribution is -0.137. The summed E-state index contributed by atoms with van der Waals surface area (Å²) in [4.78, 5) is 11.3. The number of benzene rings is 2. The Bertz CT molecular complexity index is 648. The average molecular weight is 317 g/mol. The summed E-state index contributed by atoms with van der Waals surface area (Å²) in [7, 11) is 0. The molecule has 22 heavy (non-hydrogen) atoms. The van der Waals surface area contributed by atoms with E-state index in [-0.39, 0.29) is 5.97 Å². The quantitative estimate of drug-likeness (QED) is 0.581. The minimum atomic E-state index is -0.352. The summed E-state index contributed by atoms with van der Waals surface area (Å²) < 4.78 is 10.6. The average Bonchev–Trinajstić information content (AvgIpc) is 2.53. The normalized spacial score (nSPS) is 10.6. The minimum absolute atomic E-state index is 0.352. The molecule has 114 valence electrons. The van der Waals surface area contributed by atoms with Gasteiger partial charge in [-0.05, 0) is 48.4 Å². The van der Waals surface area contributed by atoms with Crippen LogP contribution in [0.5, 0.6) is 5.75 Å². The van der Waals surface area contributed by atoms with E-state index in [1.807, 2.05) is 48.5 Å². The van der Waals surface area contributed by atoms with Crippen molar-refractivity contribution in [3.8, 4) is 5.75 Å². The summed E-state index contributed by atoms with van der Waals surface area (Å²) in [6.45, 7) is 2.60. The van der Waals surface area contributed by atoms with Crippen molar-refractivity contribution in [1.82, 2.24) is 0 Å². The molecule has 0 aliphatic rings. The van der Waals surface area contributed by atoms with Crippen LogP contribution in [-0.4, -0.2) is 12.6 Å². The van der Waals surface area contributed by atoms with Crippen LogP contribution in [0.3, 0.4) is 0 Å². The molecule has 0 amide bonds. The molecule has 0 radical (unpaired) electrons. The van der Waals surface area contributed by atoms with Crippen LogP contribution in [0.1, 0.15) is 18.1 Å². The Morgan fingerprint density at radius 3 is 2.68 bits per heavy atom. The van der Waals surface area contributed by atoms with Gasteiger partial charge >= 0.3 is 5.97 Å². The molecule has 2 rings (SSSR count). The van der Waals surface area contributed by atoms with Gasteiger partial charge in [-0.15, -0.1) is 0 Å². The maximum absolute atomic E-state index is 11.3. The molecule has 0 N–H and O–H groups in total. The molecule has 0 aromatic heterocycles. The van der Waals surface area contributed by atoms with Crippen LogP contribution in [0.4, 0.5) is 0 Å². The van der Waals surface area contributed by atoms with E-state index in [1.54, 1.807) is 13.0 Å². The molecule has 2 aromatic rings. The first kappa shape index (κ1) is 16.1. The first-order chi connectivity index (χ1) is 10.7. The zero-order chi connectivity index (χ0) is 15.8. The van der Waals surface area contributed by atoms with E-state index in [2.05, 4.69) is 0 Å². The van der Waals surface area contributed by atoms with Gasteiger partial charge in [-0.2, -0.15) is 0 Å². The Labute approximate surface area is 135 Å². The van der Waals surface area contributed by atoms with Crippen molar-refractivity contribution in [3.05, 3.63) is 70.8 Å². The topological polar surface area (TPSA) is 35.5 Å². The van der Waals surface area contributed by atoms with Gasteiger partial charge < -0.3 is 9.47 Å². The number of carbonyl (C=O) groups is 1. The van der Waals surface area contributed by atoms with Crippen molar-refractivity contribution < 1.29 is 14.3 Å². The van der Waals surface area contributed by atoms with Crippen LogP contribution < -0.4 is 4.74 Å². The third kappa shape index (κ3) is 5.26. The van der Waals surface area contributed by atoms with Crippen molar-refractivity contribution in [2.24, 2.45) is 0 Å². The van der Waals surface area contributed by atoms with E-state index in [0.717, 1.165) is 16.9 Å². The lowest BCUT2D eigenvalue weighted by Crippen LogP contribution is -1.98. The predicted molar refractivity (Wildman–Crippen MR) is 87.9 cm³/mol. The highest BCUT2D eigenvalue weighted by Gasteiger charge is 1.99. The van der Waals surface area contributed by atoms with Crippen molar-refractivity contribution in [2.75, 3.05) is 6.61 Å². The third-order valence-corrected chi connectivity index (χ3v) is 3.13. The summed E-state index contributed by atoms with van der Waals surface area (Å²) in [5, 5.41) is 0.704. The van der Waals surface area contributed by atoms with E-state index in [0.29, 0.717) is 18.2 Å². The molecule has 2 aromatic carbocycles. The van der Waals surface area contributed by atoms with E-state index < -0.39 is 0 Å². The molecule has 0 bridgehead atoms. The summed E-state index contributed by atoms with van der Waals surface area (Å²) >= 11 is 5.85. The van der Waals surface area contributed by atoms with Crippen LogP contribution in [0.2, 0.25) is 5.02 Å². The maximum Gasteiger partial charge on any atom is 0.330 e. The smallest absolute Gasteiger partial charge is 0.330 e. The molecule has 0 unspecified atom stereocenters. The number of carbonyl (C=O) groups excluding carboxylic acids is 1. The SMILES string of the molecule is CCOC(=O)C=Cc1cccc(OCc2ccc(Cl)cc2)c1. The molecule has 0 fully saturated rings. The van der Waals surface area contributed by atoms with Gasteiger partial charge in [-0.3, -0.25) is 0 Å². The summed E-state index contributed by atoms with van der Waals surface area (Å²) in [6.07, 6.45) is 3.11. The zero-order valence-corrected chi connectivity index (χ0v) is 13.0. The highest BCUT2D eigenvalue weighted by Crippen LogP contribution is 2.17. The van der Waals surface area contributed by atoms with Crippen LogP contribution in [0, 0.1) is 0 Å². The Kier molecular flexibility index (Phi) is 6.04. The number of rotatable bonds is 6. The summed E-state index contributed by atoms with van der Waals surface area (Å²) in [6, 6.07) is 15.0. The highest BCUT2D eigenvalue weighted by atomic mass is 35.5. The Morgan fingerprint density at radius 1 is 1.18 bits per heavy atom. The number of halogens is 1. The van der Waals surface area contributed by atoms with Gasteiger partial charge in [0.15, 0.2) is 0 Å². The molecule has 0 aliphatic carbocycles. The minimum Gasteiger partial charge on any atom is -0.489 e. The molecule has 0 heterocycles. The van der Waals surface area contributed by atoms with Gasteiger partial charge in [-0.25, -0.2) is 4.79 Å². The lowest BCUT2D eigenvalue weighted by Gasteiger charge is -2.07. The molecule has 4 heteroatoms. The van der Waals surface area contributed by atoms with Crippen LogP contribution in [0.25, 0.3) is 6.08 Å². The predicted octanol–water partition coefficient (Wildman–Crippen LogP) is 4.50. The molecule has 3 nitrogen and oxygen atoms in total. The Morgan fingerprint density at radius 2 is 1.95 bits per heavy atom. The molecule has 0 aliphatic heterocycles. The van der Waals surface area contributed by atoms with Gasteiger partial charge in [0.05, 0.1) is 6.61 Å². The summed E-state index contributed by atoms with van der Waals surface area (Å²) in [5.41, 5.74) is 1.92. The fourth-order valence-corrected chi connectivity index (χ4v) is 1.94. The second-order valence-corrected chi connectivity index (χ2v) is 5.01. The molecule has 0 atom stereocenters. The zero-order valence-electron chi connectivity index (χ0n) is 12.3. The molecule has 0 saturated carbocycles. The second kappa shape index (κ2) is 8.25. The number of ether oxygens (including phenoxy) is 2. The van der Waals surface area contributed by atoms with E-state index in [9.17, 15) is 4.79 Å². The first-order valence-electron chi connectivity index (χ1n) is 6.99. The highest BCUT2D eigenvalue weighted by molar-refractivity contribution is 6.30. The van der Waals surface area contributed by atoms with Gasteiger partial charge in [0, 0.05) is 11.1 Å². The van der Waals surface area contributed by atoms with E-state index in [1.165, 1.54) is 6.08 Å². The molecular formula is C18H17ClO3. The van der Waals surface area contributed by atoms with Crippen LogP contribution in [-0.2, 0) is 16.1 Å². The molecule has 0 saturated heterocycles. The Hall–Kier alpha value is -2.26. The number of esters is 1. The van der Waals surface area contributed by atoms with E-state index >= 15 is 0 Å². The van der Waals surface area contributed by atoms with Gasteiger partial charge in [0.2, 0.25) is 0 Å². The fourth-order valence-electron chi connectivity index (χ4n) is 1.81. The standard InChI is InChI=1S/C18H17ClO3/c1-2-21-18(20)11-8-14-4-3-5-17(12-14)22-13-15-6-9-16(19)10-7-15/h3-12H,2,13H2,1H3. The maximum atomic E-state index is 11.3. The lowest BCUT2D eigenvalue weighted by atomic mass is 10.2. The third-order valence-electron chi connectivity index (χ3n) is 2.88. The van der Waals surface area contributed by atoms with Gasteiger partial charge in [-0.1, -0.05) is 35.9 Å². The van der Waals surface area contributed by atoms with Crippen molar-refractivity contribution >= 4 is 23.6 Å². The first-order valence-corrected chi connectivity index (χ1v) is 7.37. The largest absolute Gasteiger partial charge is 0.489 e. The fraction of sp³-hybridized carbons (Fsp3) is 0.167. The summed E-state index contributed by atoms with van der Waals surface area (Å²) in [5.74, 6) is 0.385. The van der Waals surface area contributed by atoms with Crippen molar-refractivity contribution in [2.45, 2.75) is 13.5 Å². The second-order valence-electron chi connectivity index (χ2n) is 4.57. The van der Waals surface area contributed by atoms with Gasteiger partial charge in [0.25, 0.3) is 0 Å². The van der Waals surface area contributed by atoms with Crippen LogP contribution in [0.15, 0.2) is 54.6 Å². The monoisotopic (exact) mass is 316 g/mol. The number of hydrogen-bond acceptors (Lipinski definition) is 3. The molecule has 0 spiro atoms. The van der Waals surface area contributed by atoms with Crippen LogP contribution >= 0.6 is 11.6 Å². The van der Waals surface area contributed by atoms with Crippen molar-refractivity contribution in [1.29, 1.82) is 0 Å².